The molecule has 7 nitrogen and oxygen atoms in total. The fraction of sp³-hybridized carbons (Fsp3) is 0.778. The molecule has 5 unspecified atom stereocenters. The third-order valence-electron chi connectivity index (χ3n) is 6.64. The normalized spacial score (nSPS) is 33.0. The minimum absolute atomic E-state index is 0.133. The molecule has 2 bridgehead atoms. The summed E-state index contributed by atoms with van der Waals surface area (Å²) in [5.74, 6) is 4.15. The SMILES string of the molecule is CC(C)N(C)c1nc2c(n1C)N=C(C1CC3CC1CC3O)N(C)C2NCl. The van der Waals surface area contributed by atoms with Crippen LogP contribution in [0.25, 0.3) is 0 Å². The summed E-state index contributed by atoms with van der Waals surface area (Å²) in [6.07, 6.45) is 2.67. The second-order valence-electron chi connectivity index (χ2n) is 8.38. The molecule has 0 spiro atoms. The van der Waals surface area contributed by atoms with Crippen LogP contribution >= 0.6 is 11.8 Å². The lowest BCUT2D eigenvalue weighted by molar-refractivity contribution is 0.103. The van der Waals surface area contributed by atoms with Crippen molar-refractivity contribution < 1.29 is 5.11 Å². The Labute approximate surface area is 160 Å². The molecule has 26 heavy (non-hydrogen) atoms. The highest BCUT2D eigenvalue weighted by Crippen LogP contribution is 2.51. The number of aliphatic hydroxyl groups is 1. The third-order valence-corrected chi connectivity index (χ3v) is 6.85. The van der Waals surface area contributed by atoms with E-state index in [0.29, 0.717) is 23.8 Å². The Bertz CT molecular complexity index is 730. The zero-order valence-electron chi connectivity index (χ0n) is 16.1. The van der Waals surface area contributed by atoms with Gasteiger partial charge >= 0.3 is 0 Å². The molecule has 1 aromatic rings. The maximum atomic E-state index is 10.1. The van der Waals surface area contributed by atoms with Crippen LogP contribution in [0.4, 0.5) is 11.8 Å². The average Bonchev–Trinajstić information content (AvgIpc) is 3.26. The van der Waals surface area contributed by atoms with E-state index < -0.39 is 0 Å². The molecule has 2 aliphatic carbocycles. The fourth-order valence-electron chi connectivity index (χ4n) is 4.90. The van der Waals surface area contributed by atoms with Crippen LogP contribution in [0.2, 0.25) is 0 Å². The number of halogens is 1. The topological polar surface area (TPSA) is 68.9 Å². The third kappa shape index (κ3) is 2.55. The smallest absolute Gasteiger partial charge is 0.207 e. The van der Waals surface area contributed by atoms with Gasteiger partial charge < -0.3 is 14.9 Å². The van der Waals surface area contributed by atoms with Crippen molar-refractivity contribution in [3.8, 4) is 0 Å². The fourth-order valence-corrected chi connectivity index (χ4v) is 5.15. The zero-order valence-corrected chi connectivity index (χ0v) is 16.9. The van der Waals surface area contributed by atoms with Crippen LogP contribution in [0.5, 0.6) is 0 Å². The summed E-state index contributed by atoms with van der Waals surface area (Å²) >= 11 is 6.13. The maximum Gasteiger partial charge on any atom is 0.207 e. The lowest BCUT2D eigenvalue weighted by atomic mass is 9.85. The van der Waals surface area contributed by atoms with Crippen molar-refractivity contribution in [2.45, 2.75) is 51.4 Å². The number of hydrogen-bond acceptors (Lipinski definition) is 6. The highest BCUT2D eigenvalue weighted by atomic mass is 35.5. The van der Waals surface area contributed by atoms with Gasteiger partial charge in [0.2, 0.25) is 5.95 Å². The van der Waals surface area contributed by atoms with E-state index in [0.717, 1.165) is 42.6 Å². The molecule has 144 valence electrons. The monoisotopic (exact) mass is 380 g/mol. The number of hydrogen-bond donors (Lipinski definition) is 2. The minimum Gasteiger partial charge on any atom is -0.393 e. The zero-order chi connectivity index (χ0) is 18.7. The number of nitrogens with zero attached hydrogens (tertiary/aromatic N) is 5. The van der Waals surface area contributed by atoms with Gasteiger partial charge in [0.15, 0.2) is 5.82 Å². The van der Waals surface area contributed by atoms with Crippen LogP contribution in [-0.4, -0.2) is 51.6 Å². The largest absolute Gasteiger partial charge is 0.393 e. The van der Waals surface area contributed by atoms with Crippen LogP contribution in [0.1, 0.15) is 45.0 Å². The molecule has 0 radical (unpaired) electrons. The standard InChI is InChI=1S/C18H29ClN6O/c1-9(2)23(3)18-20-14-16(25(18)5)21-15(24(4)17(14)22-19)12-7-11-6-10(12)8-13(11)26/h9-13,17,22,26H,6-8H2,1-5H3. The Balaban J connectivity index is 1.74. The number of anilines is 1. The highest BCUT2D eigenvalue weighted by Gasteiger charge is 2.49. The van der Waals surface area contributed by atoms with E-state index in [1.807, 2.05) is 21.1 Å². The quantitative estimate of drug-likeness (QED) is 0.785. The van der Waals surface area contributed by atoms with Gasteiger partial charge in [-0.15, -0.1) is 0 Å². The van der Waals surface area contributed by atoms with Crippen LogP contribution < -0.4 is 9.74 Å². The Hall–Kier alpha value is -1.31. The molecule has 8 heteroatoms. The number of aliphatic hydroxyl groups excluding tert-OH is 1. The van der Waals surface area contributed by atoms with Crippen LogP contribution in [-0.2, 0) is 7.05 Å². The number of nitrogens with one attached hydrogen (secondary N) is 1. The van der Waals surface area contributed by atoms with Gasteiger partial charge in [-0.1, -0.05) is 0 Å². The van der Waals surface area contributed by atoms with Crippen molar-refractivity contribution in [3.05, 3.63) is 5.69 Å². The number of amidine groups is 1. The number of aromatic nitrogens is 2. The molecule has 1 aromatic heterocycles. The van der Waals surface area contributed by atoms with Gasteiger partial charge in [0.25, 0.3) is 0 Å². The number of rotatable bonds is 4. The average molecular weight is 381 g/mol. The molecular weight excluding hydrogens is 352 g/mol. The second-order valence-corrected chi connectivity index (χ2v) is 8.60. The molecular formula is C18H29ClN6O. The van der Waals surface area contributed by atoms with Crippen molar-refractivity contribution in [2.75, 3.05) is 19.0 Å². The number of aliphatic imine (C=N–C) groups is 1. The summed E-state index contributed by atoms with van der Waals surface area (Å²) in [5.41, 5.74) is 0.861. The molecule has 2 N–H and O–H groups in total. The Kier molecular flexibility index (Phi) is 4.44. The molecule has 0 aromatic carbocycles. The Morgan fingerprint density at radius 1 is 1.23 bits per heavy atom. The van der Waals surface area contributed by atoms with Crippen LogP contribution in [0.3, 0.4) is 0 Å². The second kappa shape index (κ2) is 6.39. The van der Waals surface area contributed by atoms with E-state index in [2.05, 4.69) is 33.1 Å². The Morgan fingerprint density at radius 3 is 2.50 bits per heavy atom. The van der Waals surface area contributed by atoms with E-state index >= 15 is 0 Å². The van der Waals surface area contributed by atoms with Gasteiger partial charge in [-0.25, -0.2) is 14.8 Å². The first-order valence-electron chi connectivity index (χ1n) is 9.48. The van der Waals surface area contributed by atoms with E-state index in [1.165, 1.54) is 0 Å². The highest BCUT2D eigenvalue weighted by molar-refractivity contribution is 6.13. The predicted octanol–water partition coefficient (Wildman–Crippen LogP) is 2.39. The van der Waals surface area contributed by atoms with Gasteiger partial charge in [-0.05, 0) is 56.7 Å². The number of imidazole rings is 1. The van der Waals surface area contributed by atoms with Gasteiger partial charge in [0.05, 0.1) is 6.10 Å². The van der Waals surface area contributed by atoms with Crippen molar-refractivity contribution in [1.82, 2.24) is 19.3 Å². The molecule has 1 aliphatic heterocycles. The molecule has 2 fully saturated rings. The van der Waals surface area contributed by atoms with Crippen LogP contribution in [0, 0.1) is 17.8 Å². The van der Waals surface area contributed by atoms with Crippen LogP contribution in [0.15, 0.2) is 4.99 Å². The van der Waals surface area contributed by atoms with Gasteiger partial charge in [-0.2, -0.15) is 0 Å². The molecule has 2 saturated carbocycles. The molecule has 0 saturated heterocycles. The molecule has 5 atom stereocenters. The first-order valence-corrected chi connectivity index (χ1v) is 9.86. The summed E-state index contributed by atoms with van der Waals surface area (Å²) in [5, 5.41) is 10.1. The summed E-state index contributed by atoms with van der Waals surface area (Å²) in [7, 11) is 6.10. The van der Waals surface area contributed by atoms with Gasteiger partial charge in [0.1, 0.15) is 17.7 Å². The van der Waals surface area contributed by atoms with Crippen molar-refractivity contribution in [1.29, 1.82) is 0 Å². The van der Waals surface area contributed by atoms with E-state index in [1.54, 1.807) is 0 Å². The first-order chi connectivity index (χ1) is 12.3. The van der Waals surface area contributed by atoms with Gasteiger partial charge in [-0.3, -0.25) is 4.57 Å². The molecule has 2 heterocycles. The minimum atomic E-state index is -0.205. The van der Waals surface area contributed by atoms with E-state index in [-0.39, 0.29) is 12.3 Å². The molecule has 4 rings (SSSR count). The summed E-state index contributed by atoms with van der Waals surface area (Å²) < 4.78 is 2.06. The van der Waals surface area contributed by atoms with E-state index in [4.69, 9.17) is 21.8 Å². The Morgan fingerprint density at radius 2 is 1.96 bits per heavy atom. The summed E-state index contributed by atoms with van der Waals surface area (Å²) in [6.45, 7) is 4.29. The lowest BCUT2D eigenvalue weighted by Crippen LogP contribution is -2.44. The summed E-state index contributed by atoms with van der Waals surface area (Å²) in [6, 6.07) is 0.341. The van der Waals surface area contributed by atoms with Gasteiger partial charge in [0, 0.05) is 33.1 Å². The van der Waals surface area contributed by atoms with Crippen molar-refractivity contribution >= 4 is 29.4 Å². The maximum absolute atomic E-state index is 10.1. The van der Waals surface area contributed by atoms with Crippen molar-refractivity contribution in [3.63, 3.8) is 0 Å². The summed E-state index contributed by atoms with van der Waals surface area (Å²) in [4.78, 5) is 17.1. The first kappa shape index (κ1) is 18.1. The van der Waals surface area contributed by atoms with E-state index in [9.17, 15) is 5.11 Å². The van der Waals surface area contributed by atoms with Crippen molar-refractivity contribution in [2.24, 2.45) is 29.8 Å². The number of fused-ring (bicyclic) bond motifs is 3. The predicted molar refractivity (Wildman–Crippen MR) is 104 cm³/mol. The molecule has 0 amide bonds. The lowest BCUT2D eigenvalue weighted by Gasteiger charge is -2.37. The molecule has 3 aliphatic rings.